The standard InChI is InChI=1S/C18H15N3O3S/c19-18(25)20-17(12-5-8-13(9-6-12)21(23)24)16-14-4-2-1-3-11(14)7-10-15(16)22/h1-10,17,22H,(H3,19,20,25). The molecule has 25 heavy (non-hydrogen) atoms. The van der Waals surface area contributed by atoms with Crippen LogP contribution in [0.1, 0.15) is 17.2 Å². The Morgan fingerprint density at radius 2 is 1.80 bits per heavy atom. The van der Waals surface area contributed by atoms with Crippen molar-refractivity contribution in [3.8, 4) is 5.75 Å². The molecular formula is C18H15N3O3S. The lowest BCUT2D eigenvalue weighted by Crippen LogP contribution is -2.33. The van der Waals surface area contributed by atoms with E-state index in [-0.39, 0.29) is 16.5 Å². The van der Waals surface area contributed by atoms with Gasteiger partial charge in [-0.2, -0.15) is 0 Å². The molecule has 1 atom stereocenters. The van der Waals surface area contributed by atoms with Crippen LogP contribution in [0.25, 0.3) is 10.8 Å². The Morgan fingerprint density at radius 3 is 2.44 bits per heavy atom. The number of nitro benzene ring substituents is 1. The second kappa shape index (κ2) is 6.74. The molecule has 0 saturated carbocycles. The third-order valence-corrected chi connectivity index (χ3v) is 4.08. The van der Waals surface area contributed by atoms with Gasteiger partial charge in [-0.05, 0) is 46.8 Å². The van der Waals surface area contributed by atoms with Gasteiger partial charge in [-0.3, -0.25) is 10.1 Å². The van der Waals surface area contributed by atoms with E-state index in [1.165, 1.54) is 12.1 Å². The molecule has 0 saturated heterocycles. The van der Waals surface area contributed by atoms with Crippen molar-refractivity contribution in [1.29, 1.82) is 0 Å². The summed E-state index contributed by atoms with van der Waals surface area (Å²) < 4.78 is 0. The maximum atomic E-state index is 10.9. The largest absolute Gasteiger partial charge is 0.508 e. The summed E-state index contributed by atoms with van der Waals surface area (Å²) in [6, 6.07) is 16.6. The number of phenols is 1. The van der Waals surface area contributed by atoms with Crippen LogP contribution in [0, 0.1) is 10.1 Å². The van der Waals surface area contributed by atoms with Crippen molar-refractivity contribution < 1.29 is 10.0 Å². The van der Waals surface area contributed by atoms with Gasteiger partial charge in [-0.1, -0.05) is 30.3 Å². The zero-order chi connectivity index (χ0) is 18.0. The first-order valence-electron chi connectivity index (χ1n) is 7.48. The second-order valence-electron chi connectivity index (χ2n) is 5.51. The normalized spacial score (nSPS) is 11.8. The average molecular weight is 353 g/mol. The topological polar surface area (TPSA) is 101 Å². The van der Waals surface area contributed by atoms with E-state index in [2.05, 4.69) is 5.32 Å². The zero-order valence-electron chi connectivity index (χ0n) is 13.0. The number of fused-ring (bicyclic) bond motifs is 1. The molecular weight excluding hydrogens is 338 g/mol. The number of non-ortho nitro benzene ring substituents is 1. The SMILES string of the molecule is NC(=S)NC(c1ccc([N+](=O)[O-])cc1)c1c(O)ccc2ccccc12. The molecule has 0 bridgehead atoms. The van der Waals surface area contributed by atoms with Crippen LogP contribution in [-0.4, -0.2) is 15.1 Å². The molecule has 0 spiro atoms. The molecule has 0 aliphatic rings. The van der Waals surface area contributed by atoms with Crippen LogP contribution < -0.4 is 11.1 Å². The number of nitro groups is 1. The summed E-state index contributed by atoms with van der Waals surface area (Å²) in [4.78, 5) is 10.4. The van der Waals surface area contributed by atoms with Crippen molar-refractivity contribution in [1.82, 2.24) is 5.32 Å². The number of hydrogen-bond acceptors (Lipinski definition) is 4. The van der Waals surface area contributed by atoms with E-state index in [4.69, 9.17) is 18.0 Å². The fourth-order valence-electron chi connectivity index (χ4n) is 2.84. The maximum absolute atomic E-state index is 10.9. The van der Waals surface area contributed by atoms with Gasteiger partial charge in [0.1, 0.15) is 5.75 Å². The number of nitrogens with one attached hydrogen (secondary N) is 1. The highest BCUT2D eigenvalue weighted by Gasteiger charge is 2.21. The number of phenolic OH excluding ortho intramolecular Hbond substituents is 1. The lowest BCUT2D eigenvalue weighted by molar-refractivity contribution is -0.384. The van der Waals surface area contributed by atoms with Crippen molar-refractivity contribution >= 4 is 33.8 Å². The van der Waals surface area contributed by atoms with Crippen LogP contribution in [0.4, 0.5) is 5.69 Å². The molecule has 3 aromatic rings. The highest BCUT2D eigenvalue weighted by atomic mass is 32.1. The first kappa shape index (κ1) is 16.7. The Hall–Kier alpha value is -3.19. The molecule has 0 amide bonds. The predicted octanol–water partition coefficient (Wildman–Crippen LogP) is 3.38. The number of aromatic hydroxyl groups is 1. The maximum Gasteiger partial charge on any atom is 0.269 e. The molecule has 126 valence electrons. The third kappa shape index (κ3) is 3.36. The molecule has 3 rings (SSSR count). The van der Waals surface area contributed by atoms with Crippen molar-refractivity contribution in [3.05, 3.63) is 81.9 Å². The molecule has 0 radical (unpaired) electrons. The van der Waals surface area contributed by atoms with E-state index in [1.54, 1.807) is 18.2 Å². The fourth-order valence-corrected chi connectivity index (χ4v) is 2.96. The first-order chi connectivity index (χ1) is 12.0. The summed E-state index contributed by atoms with van der Waals surface area (Å²) in [7, 11) is 0. The van der Waals surface area contributed by atoms with E-state index < -0.39 is 11.0 Å². The van der Waals surface area contributed by atoms with Gasteiger partial charge in [-0.25, -0.2) is 0 Å². The van der Waals surface area contributed by atoms with Gasteiger partial charge in [0.15, 0.2) is 5.11 Å². The Morgan fingerprint density at radius 1 is 1.12 bits per heavy atom. The second-order valence-corrected chi connectivity index (χ2v) is 5.95. The van der Waals surface area contributed by atoms with Crippen LogP contribution in [0.3, 0.4) is 0 Å². The van der Waals surface area contributed by atoms with Crippen molar-refractivity contribution in [2.75, 3.05) is 0 Å². The highest BCUT2D eigenvalue weighted by Crippen LogP contribution is 2.36. The molecule has 0 aromatic heterocycles. The summed E-state index contributed by atoms with van der Waals surface area (Å²) in [5.41, 5.74) is 6.97. The van der Waals surface area contributed by atoms with Crippen molar-refractivity contribution in [2.45, 2.75) is 6.04 Å². The Labute approximate surface area is 149 Å². The minimum absolute atomic E-state index is 0.0139. The van der Waals surface area contributed by atoms with Crippen LogP contribution in [0.15, 0.2) is 60.7 Å². The lowest BCUT2D eigenvalue weighted by Gasteiger charge is -2.22. The summed E-state index contributed by atoms with van der Waals surface area (Å²) in [5, 5.41) is 26.2. The van der Waals surface area contributed by atoms with E-state index in [0.29, 0.717) is 11.1 Å². The Bertz CT molecular complexity index is 957. The molecule has 0 fully saturated rings. The summed E-state index contributed by atoms with van der Waals surface area (Å²) in [5.74, 6) is 0.0887. The number of nitrogens with zero attached hydrogens (tertiary/aromatic N) is 1. The molecule has 1 unspecified atom stereocenters. The summed E-state index contributed by atoms with van der Waals surface area (Å²) in [6.45, 7) is 0. The van der Waals surface area contributed by atoms with Crippen molar-refractivity contribution in [3.63, 3.8) is 0 Å². The number of hydrogen-bond donors (Lipinski definition) is 3. The van der Waals surface area contributed by atoms with E-state index in [0.717, 1.165) is 10.8 Å². The number of benzene rings is 3. The monoisotopic (exact) mass is 353 g/mol. The third-order valence-electron chi connectivity index (χ3n) is 3.96. The minimum Gasteiger partial charge on any atom is -0.508 e. The molecule has 4 N–H and O–H groups in total. The first-order valence-corrected chi connectivity index (χ1v) is 7.89. The smallest absolute Gasteiger partial charge is 0.269 e. The minimum atomic E-state index is -0.538. The summed E-state index contributed by atoms with van der Waals surface area (Å²) >= 11 is 4.98. The predicted molar refractivity (Wildman–Crippen MR) is 100 cm³/mol. The van der Waals surface area contributed by atoms with E-state index >= 15 is 0 Å². The number of thiocarbonyl (C=S) groups is 1. The van der Waals surface area contributed by atoms with Crippen LogP contribution in [0.5, 0.6) is 5.75 Å². The number of rotatable bonds is 4. The molecule has 0 aliphatic heterocycles. The van der Waals surface area contributed by atoms with Gasteiger partial charge < -0.3 is 16.2 Å². The van der Waals surface area contributed by atoms with E-state index in [9.17, 15) is 15.2 Å². The van der Waals surface area contributed by atoms with Gasteiger partial charge in [-0.15, -0.1) is 0 Å². The summed E-state index contributed by atoms with van der Waals surface area (Å²) in [6.07, 6.45) is 0. The molecule has 0 heterocycles. The average Bonchev–Trinajstić information content (AvgIpc) is 2.60. The molecule has 6 nitrogen and oxygen atoms in total. The van der Waals surface area contributed by atoms with Gasteiger partial charge >= 0.3 is 0 Å². The van der Waals surface area contributed by atoms with E-state index in [1.807, 2.05) is 30.3 Å². The number of nitrogens with two attached hydrogens (primary N) is 1. The Balaban J connectivity index is 2.18. The van der Waals surface area contributed by atoms with Gasteiger partial charge in [0, 0.05) is 17.7 Å². The molecule has 7 heteroatoms. The van der Waals surface area contributed by atoms with Crippen LogP contribution >= 0.6 is 12.2 Å². The van der Waals surface area contributed by atoms with Gasteiger partial charge in [0.05, 0.1) is 11.0 Å². The quantitative estimate of drug-likeness (QED) is 0.378. The van der Waals surface area contributed by atoms with Crippen LogP contribution in [-0.2, 0) is 0 Å². The van der Waals surface area contributed by atoms with Crippen molar-refractivity contribution in [2.24, 2.45) is 5.73 Å². The highest BCUT2D eigenvalue weighted by molar-refractivity contribution is 7.80. The van der Waals surface area contributed by atoms with Gasteiger partial charge in [0.2, 0.25) is 0 Å². The molecule has 3 aromatic carbocycles. The fraction of sp³-hybridized carbons (Fsp3) is 0.0556. The molecule has 0 aliphatic carbocycles. The zero-order valence-corrected chi connectivity index (χ0v) is 13.9. The lowest BCUT2D eigenvalue weighted by atomic mass is 9.92. The Kier molecular flexibility index (Phi) is 4.49. The van der Waals surface area contributed by atoms with Crippen LogP contribution in [0.2, 0.25) is 0 Å². The van der Waals surface area contributed by atoms with Gasteiger partial charge in [0.25, 0.3) is 5.69 Å².